The van der Waals surface area contributed by atoms with E-state index in [9.17, 15) is 0 Å². The van der Waals surface area contributed by atoms with Crippen LogP contribution in [0.1, 0.15) is 16.7 Å². The molecule has 1 nitrogen and oxygen atoms in total. The van der Waals surface area contributed by atoms with Crippen molar-refractivity contribution < 1.29 is 0 Å². The summed E-state index contributed by atoms with van der Waals surface area (Å²) in [6.45, 7) is 3.03. The van der Waals surface area contributed by atoms with Crippen molar-refractivity contribution >= 4 is 37.5 Å². The second kappa shape index (κ2) is 6.58. The first-order valence-electron chi connectivity index (χ1n) is 6.21. The molecule has 0 spiro atoms. The van der Waals surface area contributed by atoms with Crippen LogP contribution < -0.4 is 4.90 Å². The van der Waals surface area contributed by atoms with E-state index in [2.05, 4.69) is 93.2 Å². The first-order valence-corrected chi connectivity index (χ1v) is 8.12. The van der Waals surface area contributed by atoms with Gasteiger partial charge in [0.2, 0.25) is 0 Å². The summed E-state index contributed by atoms with van der Waals surface area (Å²) in [4.78, 5) is 2.28. The van der Waals surface area contributed by atoms with Gasteiger partial charge in [0.15, 0.2) is 0 Å². The lowest BCUT2D eigenvalue weighted by Gasteiger charge is -2.22. The summed E-state index contributed by atoms with van der Waals surface area (Å²) in [6, 6.07) is 15.1. The summed E-state index contributed by atoms with van der Waals surface area (Å²) in [5.74, 6) is 0. The molecular formula is C16H17Br2N. The maximum absolute atomic E-state index is 3.55. The van der Waals surface area contributed by atoms with E-state index in [1.807, 2.05) is 0 Å². The number of rotatable bonds is 4. The van der Waals surface area contributed by atoms with Crippen molar-refractivity contribution in [1.82, 2.24) is 0 Å². The molecule has 0 amide bonds. The molecule has 0 unspecified atom stereocenters. The number of nitrogens with zero attached hydrogens (tertiary/aromatic N) is 1. The van der Waals surface area contributed by atoms with Gasteiger partial charge < -0.3 is 4.90 Å². The summed E-state index contributed by atoms with van der Waals surface area (Å²) in [5.41, 5.74) is 5.19. The number of halogens is 2. The highest BCUT2D eigenvalue weighted by Crippen LogP contribution is 2.27. The van der Waals surface area contributed by atoms with Crippen molar-refractivity contribution in [2.45, 2.75) is 18.8 Å². The van der Waals surface area contributed by atoms with E-state index < -0.39 is 0 Å². The number of hydrogen-bond donors (Lipinski definition) is 0. The van der Waals surface area contributed by atoms with Gasteiger partial charge in [0.25, 0.3) is 0 Å². The van der Waals surface area contributed by atoms with E-state index in [4.69, 9.17) is 0 Å². The molecule has 0 bridgehead atoms. The van der Waals surface area contributed by atoms with Gasteiger partial charge in [-0.05, 0) is 30.2 Å². The minimum Gasteiger partial charge on any atom is -0.370 e. The maximum atomic E-state index is 3.55. The standard InChI is InChI=1S/C16H17Br2N/c1-12-3-5-13(6-4-12)11-19(2)16-9-15(18)8-7-14(16)10-17/h3-9H,10-11H2,1-2H3. The smallest absolute Gasteiger partial charge is 0.0426 e. The molecule has 100 valence electrons. The van der Waals surface area contributed by atoms with Crippen LogP contribution in [0.15, 0.2) is 46.9 Å². The van der Waals surface area contributed by atoms with Crippen LogP contribution in [-0.4, -0.2) is 7.05 Å². The van der Waals surface area contributed by atoms with Gasteiger partial charge in [0, 0.05) is 29.1 Å². The third-order valence-electron chi connectivity index (χ3n) is 3.14. The summed E-state index contributed by atoms with van der Waals surface area (Å²) in [7, 11) is 2.13. The van der Waals surface area contributed by atoms with Crippen LogP contribution in [0.3, 0.4) is 0 Å². The maximum Gasteiger partial charge on any atom is 0.0426 e. The Bertz CT molecular complexity index is 549. The van der Waals surface area contributed by atoms with Crippen molar-refractivity contribution in [3.63, 3.8) is 0 Å². The molecule has 2 aromatic carbocycles. The molecule has 0 N–H and O–H groups in total. The van der Waals surface area contributed by atoms with E-state index in [1.165, 1.54) is 22.4 Å². The van der Waals surface area contributed by atoms with Crippen LogP contribution in [-0.2, 0) is 11.9 Å². The Kier molecular flexibility index (Phi) is 5.06. The van der Waals surface area contributed by atoms with Crippen molar-refractivity contribution in [2.24, 2.45) is 0 Å². The van der Waals surface area contributed by atoms with Gasteiger partial charge in [-0.2, -0.15) is 0 Å². The highest BCUT2D eigenvalue weighted by Gasteiger charge is 2.08. The van der Waals surface area contributed by atoms with Crippen LogP contribution in [0.4, 0.5) is 5.69 Å². The van der Waals surface area contributed by atoms with Crippen LogP contribution in [0.5, 0.6) is 0 Å². The molecule has 0 heterocycles. The number of anilines is 1. The van der Waals surface area contributed by atoms with Gasteiger partial charge in [0.05, 0.1) is 0 Å². The van der Waals surface area contributed by atoms with Gasteiger partial charge in [-0.25, -0.2) is 0 Å². The lowest BCUT2D eigenvalue weighted by molar-refractivity contribution is 0.915. The van der Waals surface area contributed by atoms with Crippen LogP contribution in [0.2, 0.25) is 0 Å². The quantitative estimate of drug-likeness (QED) is 0.649. The van der Waals surface area contributed by atoms with E-state index in [0.717, 1.165) is 16.3 Å². The fourth-order valence-electron chi connectivity index (χ4n) is 2.06. The van der Waals surface area contributed by atoms with Crippen molar-refractivity contribution in [3.8, 4) is 0 Å². The summed E-state index contributed by atoms with van der Waals surface area (Å²) < 4.78 is 1.11. The van der Waals surface area contributed by atoms with Gasteiger partial charge in [-0.15, -0.1) is 0 Å². The number of alkyl halides is 1. The van der Waals surface area contributed by atoms with Gasteiger partial charge in [-0.3, -0.25) is 0 Å². The molecule has 0 aromatic heterocycles. The SMILES string of the molecule is Cc1ccc(CN(C)c2cc(Br)ccc2CBr)cc1. The summed E-state index contributed by atoms with van der Waals surface area (Å²) in [6.07, 6.45) is 0. The van der Waals surface area contributed by atoms with Crippen LogP contribution in [0.25, 0.3) is 0 Å². The Hall–Kier alpha value is -0.800. The summed E-state index contributed by atoms with van der Waals surface area (Å²) in [5, 5.41) is 0.869. The zero-order valence-electron chi connectivity index (χ0n) is 11.2. The fourth-order valence-corrected chi connectivity index (χ4v) is 2.88. The normalized spacial score (nSPS) is 10.5. The van der Waals surface area contributed by atoms with Crippen molar-refractivity contribution in [3.05, 3.63) is 63.6 Å². The third kappa shape index (κ3) is 3.83. The number of aryl methyl sites for hydroxylation is 1. The van der Waals surface area contributed by atoms with Crippen molar-refractivity contribution in [1.29, 1.82) is 0 Å². The molecule has 0 aliphatic heterocycles. The first kappa shape index (κ1) is 14.6. The molecule has 3 heteroatoms. The molecule has 2 rings (SSSR count). The van der Waals surface area contributed by atoms with E-state index in [1.54, 1.807) is 0 Å². The van der Waals surface area contributed by atoms with Crippen molar-refractivity contribution in [2.75, 3.05) is 11.9 Å². The second-order valence-corrected chi connectivity index (χ2v) is 6.22. The first-order chi connectivity index (χ1) is 9.10. The second-order valence-electron chi connectivity index (χ2n) is 4.75. The highest BCUT2D eigenvalue weighted by atomic mass is 79.9. The minimum atomic E-state index is 0.869. The molecule has 0 atom stereocenters. The average molecular weight is 383 g/mol. The predicted octanol–water partition coefficient (Wildman–Crippen LogP) is 5.29. The van der Waals surface area contributed by atoms with Gasteiger partial charge >= 0.3 is 0 Å². The zero-order chi connectivity index (χ0) is 13.8. The van der Waals surface area contributed by atoms with Crippen LogP contribution in [0, 0.1) is 6.92 Å². The molecule has 19 heavy (non-hydrogen) atoms. The van der Waals surface area contributed by atoms with Gasteiger partial charge in [-0.1, -0.05) is 67.8 Å². The summed E-state index contributed by atoms with van der Waals surface area (Å²) >= 11 is 7.10. The Morgan fingerprint density at radius 3 is 2.37 bits per heavy atom. The molecule has 0 fully saturated rings. The zero-order valence-corrected chi connectivity index (χ0v) is 14.3. The predicted molar refractivity (Wildman–Crippen MR) is 90.1 cm³/mol. The topological polar surface area (TPSA) is 3.24 Å². The highest BCUT2D eigenvalue weighted by molar-refractivity contribution is 9.10. The molecular weight excluding hydrogens is 366 g/mol. The minimum absolute atomic E-state index is 0.869. The van der Waals surface area contributed by atoms with Crippen LogP contribution >= 0.6 is 31.9 Å². The monoisotopic (exact) mass is 381 g/mol. The fraction of sp³-hybridized carbons (Fsp3) is 0.250. The lowest BCUT2D eigenvalue weighted by atomic mass is 10.1. The Morgan fingerprint density at radius 2 is 1.74 bits per heavy atom. The van der Waals surface area contributed by atoms with E-state index in [0.29, 0.717) is 0 Å². The van der Waals surface area contributed by atoms with E-state index >= 15 is 0 Å². The average Bonchev–Trinajstić information content (AvgIpc) is 2.41. The molecule has 2 aromatic rings. The number of hydrogen-bond acceptors (Lipinski definition) is 1. The Morgan fingerprint density at radius 1 is 1.05 bits per heavy atom. The lowest BCUT2D eigenvalue weighted by Crippen LogP contribution is -2.17. The molecule has 0 aliphatic carbocycles. The van der Waals surface area contributed by atoms with E-state index in [-0.39, 0.29) is 0 Å². The molecule has 0 aliphatic rings. The Balaban J connectivity index is 2.21. The van der Waals surface area contributed by atoms with Gasteiger partial charge in [0.1, 0.15) is 0 Å². The molecule has 0 radical (unpaired) electrons. The number of benzene rings is 2. The largest absolute Gasteiger partial charge is 0.370 e. The molecule has 0 saturated heterocycles. The third-order valence-corrected chi connectivity index (χ3v) is 4.24. The Labute approximate surface area is 131 Å². The molecule has 0 saturated carbocycles.